The second-order valence-corrected chi connectivity index (χ2v) is 3.91. The summed E-state index contributed by atoms with van der Waals surface area (Å²) in [6.07, 6.45) is 7.34. The number of benzene rings is 1. The number of aryl methyl sites for hydroxylation is 1. The number of nitrogens with two attached hydrogens (primary N) is 1. The molecule has 3 nitrogen and oxygen atoms in total. The topological polar surface area (TPSA) is 55.1 Å². The molecule has 90 valence electrons. The SMILES string of the molecule is C#CCC(N)C(=O)Nc1ccccc1CCC. The van der Waals surface area contributed by atoms with E-state index in [1.807, 2.05) is 24.3 Å². The molecule has 1 aromatic carbocycles. The molecule has 17 heavy (non-hydrogen) atoms. The number of carbonyl (C=O) groups is 1. The summed E-state index contributed by atoms with van der Waals surface area (Å²) in [5.41, 5.74) is 7.59. The van der Waals surface area contributed by atoms with Gasteiger partial charge in [-0.3, -0.25) is 4.79 Å². The first kappa shape index (κ1) is 13.3. The molecule has 0 aliphatic rings. The zero-order valence-corrected chi connectivity index (χ0v) is 10.1. The number of rotatable bonds is 5. The van der Waals surface area contributed by atoms with Crippen molar-refractivity contribution >= 4 is 11.6 Å². The highest BCUT2D eigenvalue weighted by Gasteiger charge is 2.13. The molecule has 0 aliphatic heterocycles. The van der Waals surface area contributed by atoms with Crippen molar-refractivity contribution in [2.45, 2.75) is 32.2 Å². The molecule has 0 radical (unpaired) electrons. The Morgan fingerprint density at radius 3 is 2.88 bits per heavy atom. The molecule has 1 atom stereocenters. The molecule has 1 amide bonds. The van der Waals surface area contributed by atoms with Gasteiger partial charge in [-0.05, 0) is 18.1 Å². The Morgan fingerprint density at radius 2 is 2.24 bits per heavy atom. The molecular formula is C14H18N2O. The number of nitrogens with one attached hydrogen (secondary N) is 1. The second-order valence-electron chi connectivity index (χ2n) is 3.91. The Hall–Kier alpha value is -1.79. The molecule has 1 unspecified atom stereocenters. The first-order chi connectivity index (χ1) is 8.19. The minimum atomic E-state index is -0.644. The molecule has 0 aliphatic carbocycles. The third-order valence-corrected chi connectivity index (χ3v) is 2.47. The lowest BCUT2D eigenvalue weighted by molar-refractivity contribution is -0.117. The van der Waals surface area contributed by atoms with Crippen molar-refractivity contribution < 1.29 is 4.79 Å². The molecule has 0 aromatic heterocycles. The predicted molar refractivity (Wildman–Crippen MR) is 70.5 cm³/mol. The van der Waals surface area contributed by atoms with E-state index in [2.05, 4.69) is 18.2 Å². The van der Waals surface area contributed by atoms with Crippen molar-refractivity contribution in [2.24, 2.45) is 5.73 Å². The highest BCUT2D eigenvalue weighted by atomic mass is 16.2. The monoisotopic (exact) mass is 230 g/mol. The van der Waals surface area contributed by atoms with Crippen LogP contribution in [0.1, 0.15) is 25.3 Å². The van der Waals surface area contributed by atoms with Gasteiger partial charge in [-0.2, -0.15) is 0 Å². The van der Waals surface area contributed by atoms with Gasteiger partial charge in [0.15, 0.2) is 0 Å². The number of carbonyl (C=O) groups excluding carboxylic acids is 1. The third-order valence-electron chi connectivity index (χ3n) is 2.47. The molecule has 1 rings (SSSR count). The van der Waals surface area contributed by atoms with Crippen molar-refractivity contribution in [2.75, 3.05) is 5.32 Å². The number of para-hydroxylation sites is 1. The standard InChI is InChI=1S/C14H18N2O/c1-3-7-11-9-5-6-10-13(11)16-14(17)12(15)8-4-2/h2,5-6,9-10,12H,3,7-8,15H2,1H3,(H,16,17). The van der Waals surface area contributed by atoms with E-state index in [4.69, 9.17) is 12.2 Å². The van der Waals surface area contributed by atoms with Crippen LogP contribution in [0.2, 0.25) is 0 Å². The molecule has 3 heteroatoms. The lowest BCUT2D eigenvalue weighted by atomic mass is 10.1. The van der Waals surface area contributed by atoms with E-state index < -0.39 is 6.04 Å². The number of hydrogen-bond donors (Lipinski definition) is 2. The Labute approximate surface area is 102 Å². The van der Waals surface area contributed by atoms with Crippen molar-refractivity contribution in [1.82, 2.24) is 0 Å². The van der Waals surface area contributed by atoms with E-state index in [-0.39, 0.29) is 12.3 Å². The maximum absolute atomic E-state index is 11.7. The molecule has 0 saturated carbocycles. The molecule has 1 aromatic rings. The molecule has 0 fully saturated rings. The Kier molecular flexibility index (Phi) is 5.25. The fraction of sp³-hybridized carbons (Fsp3) is 0.357. The van der Waals surface area contributed by atoms with Crippen LogP contribution in [-0.4, -0.2) is 11.9 Å². The van der Waals surface area contributed by atoms with Gasteiger partial charge >= 0.3 is 0 Å². The van der Waals surface area contributed by atoms with E-state index in [0.29, 0.717) is 0 Å². The van der Waals surface area contributed by atoms with Crippen molar-refractivity contribution in [3.63, 3.8) is 0 Å². The fourth-order valence-electron chi connectivity index (χ4n) is 1.57. The summed E-state index contributed by atoms with van der Waals surface area (Å²) < 4.78 is 0. The summed E-state index contributed by atoms with van der Waals surface area (Å²) >= 11 is 0. The van der Waals surface area contributed by atoms with Gasteiger partial charge < -0.3 is 11.1 Å². The van der Waals surface area contributed by atoms with Crippen LogP contribution in [-0.2, 0) is 11.2 Å². The average Bonchev–Trinajstić information content (AvgIpc) is 2.32. The van der Waals surface area contributed by atoms with Gasteiger partial charge in [-0.15, -0.1) is 12.3 Å². The summed E-state index contributed by atoms with van der Waals surface area (Å²) in [5.74, 6) is 2.16. The molecule has 3 N–H and O–H groups in total. The second kappa shape index (κ2) is 6.72. The van der Waals surface area contributed by atoms with Crippen LogP contribution in [0.3, 0.4) is 0 Å². The zero-order chi connectivity index (χ0) is 12.7. The maximum atomic E-state index is 11.7. The molecular weight excluding hydrogens is 212 g/mol. The summed E-state index contributed by atoms with van der Waals surface area (Å²) in [5, 5.41) is 2.82. The van der Waals surface area contributed by atoms with Crippen LogP contribution in [0, 0.1) is 12.3 Å². The normalized spacial score (nSPS) is 11.6. The minimum absolute atomic E-state index is 0.230. The van der Waals surface area contributed by atoms with Crippen LogP contribution >= 0.6 is 0 Å². The van der Waals surface area contributed by atoms with E-state index in [1.165, 1.54) is 0 Å². The highest BCUT2D eigenvalue weighted by molar-refractivity contribution is 5.95. The number of anilines is 1. The molecule has 0 bridgehead atoms. The third kappa shape index (κ3) is 3.93. The average molecular weight is 230 g/mol. The lowest BCUT2D eigenvalue weighted by Gasteiger charge is -2.13. The predicted octanol–water partition coefficient (Wildman–Crippen LogP) is 1.93. The van der Waals surface area contributed by atoms with Gasteiger partial charge in [0.05, 0.1) is 6.04 Å². The minimum Gasteiger partial charge on any atom is -0.324 e. The first-order valence-corrected chi connectivity index (χ1v) is 5.76. The molecule has 0 heterocycles. The molecule has 0 saturated heterocycles. The Bertz CT molecular complexity index is 420. The summed E-state index contributed by atoms with van der Waals surface area (Å²) in [4.78, 5) is 11.7. The van der Waals surface area contributed by atoms with Gasteiger partial charge in [0, 0.05) is 12.1 Å². The van der Waals surface area contributed by atoms with Crippen LogP contribution < -0.4 is 11.1 Å². The van der Waals surface area contributed by atoms with Gasteiger partial charge in [-0.25, -0.2) is 0 Å². The Morgan fingerprint density at radius 1 is 1.53 bits per heavy atom. The van der Waals surface area contributed by atoms with Gasteiger partial charge in [-0.1, -0.05) is 31.5 Å². The quantitative estimate of drug-likeness (QED) is 0.759. The van der Waals surface area contributed by atoms with E-state index in [9.17, 15) is 4.79 Å². The molecule has 0 spiro atoms. The smallest absolute Gasteiger partial charge is 0.242 e. The summed E-state index contributed by atoms with van der Waals surface area (Å²) in [7, 11) is 0. The number of hydrogen-bond acceptors (Lipinski definition) is 2. The van der Waals surface area contributed by atoms with E-state index >= 15 is 0 Å². The number of amides is 1. The largest absolute Gasteiger partial charge is 0.324 e. The zero-order valence-electron chi connectivity index (χ0n) is 10.1. The summed E-state index contributed by atoms with van der Waals surface area (Å²) in [6.45, 7) is 2.10. The maximum Gasteiger partial charge on any atom is 0.242 e. The van der Waals surface area contributed by atoms with Gasteiger partial charge in [0.1, 0.15) is 0 Å². The van der Waals surface area contributed by atoms with Crippen LogP contribution in [0.25, 0.3) is 0 Å². The Balaban J connectivity index is 2.74. The first-order valence-electron chi connectivity index (χ1n) is 5.76. The fourth-order valence-corrected chi connectivity index (χ4v) is 1.57. The van der Waals surface area contributed by atoms with E-state index in [0.717, 1.165) is 24.1 Å². The van der Waals surface area contributed by atoms with Crippen LogP contribution in [0.5, 0.6) is 0 Å². The highest BCUT2D eigenvalue weighted by Crippen LogP contribution is 2.16. The van der Waals surface area contributed by atoms with Crippen molar-refractivity contribution in [1.29, 1.82) is 0 Å². The number of terminal acetylenes is 1. The van der Waals surface area contributed by atoms with Crippen molar-refractivity contribution in [3.05, 3.63) is 29.8 Å². The van der Waals surface area contributed by atoms with Crippen LogP contribution in [0.15, 0.2) is 24.3 Å². The van der Waals surface area contributed by atoms with Gasteiger partial charge in [0.2, 0.25) is 5.91 Å². The lowest BCUT2D eigenvalue weighted by Crippen LogP contribution is -2.35. The summed E-state index contributed by atoms with van der Waals surface area (Å²) in [6, 6.07) is 7.09. The van der Waals surface area contributed by atoms with Gasteiger partial charge in [0.25, 0.3) is 0 Å². The van der Waals surface area contributed by atoms with E-state index in [1.54, 1.807) is 0 Å². The van der Waals surface area contributed by atoms with Crippen molar-refractivity contribution in [3.8, 4) is 12.3 Å². The van der Waals surface area contributed by atoms with Crippen LogP contribution in [0.4, 0.5) is 5.69 Å².